The molecule has 4 nitrogen and oxygen atoms in total. The Hall–Kier alpha value is -0.630. The minimum atomic E-state index is -0.339. The van der Waals surface area contributed by atoms with Crippen molar-refractivity contribution in [3.63, 3.8) is 0 Å². The van der Waals surface area contributed by atoms with Crippen LogP contribution in [-0.4, -0.2) is 37.5 Å². The van der Waals surface area contributed by atoms with Crippen LogP contribution in [0.4, 0.5) is 0 Å². The van der Waals surface area contributed by atoms with E-state index in [2.05, 4.69) is 18.3 Å². The largest absolute Gasteiger partial charge is 0.379 e. The molecule has 2 rings (SSSR count). The zero-order chi connectivity index (χ0) is 13.6. The molecule has 1 N–H and O–H groups in total. The molecule has 1 saturated carbocycles. The first-order chi connectivity index (χ1) is 9.28. The predicted octanol–water partition coefficient (Wildman–Crippen LogP) is 2.39. The van der Waals surface area contributed by atoms with Crippen molar-refractivity contribution < 1.29 is 9.47 Å². The molecule has 2 aliphatic rings. The van der Waals surface area contributed by atoms with E-state index in [0.29, 0.717) is 18.8 Å². The maximum absolute atomic E-state index is 9.41. The van der Waals surface area contributed by atoms with Gasteiger partial charge >= 0.3 is 0 Å². The lowest BCUT2D eigenvalue weighted by Crippen LogP contribution is -2.44. The molecule has 0 aromatic rings. The predicted molar refractivity (Wildman–Crippen MR) is 73.8 cm³/mol. The summed E-state index contributed by atoms with van der Waals surface area (Å²) in [5, 5.41) is 12.9. The van der Waals surface area contributed by atoms with Gasteiger partial charge in [0.15, 0.2) is 0 Å². The zero-order valence-corrected chi connectivity index (χ0v) is 12.0. The van der Waals surface area contributed by atoms with Crippen molar-refractivity contribution in [3.05, 3.63) is 0 Å². The highest BCUT2D eigenvalue weighted by Gasteiger charge is 2.34. The summed E-state index contributed by atoms with van der Waals surface area (Å²) in [6, 6.07) is 3.05. The summed E-state index contributed by atoms with van der Waals surface area (Å²) in [6.07, 6.45) is 7.71. The summed E-state index contributed by atoms with van der Waals surface area (Å²) >= 11 is 0. The topological polar surface area (TPSA) is 54.3 Å². The number of hydrogen-bond donors (Lipinski definition) is 1. The van der Waals surface area contributed by atoms with Gasteiger partial charge in [0.05, 0.1) is 18.8 Å². The number of nitrogens with one attached hydrogen (secondary N) is 1. The van der Waals surface area contributed by atoms with Crippen LogP contribution < -0.4 is 5.32 Å². The van der Waals surface area contributed by atoms with E-state index in [1.165, 1.54) is 12.8 Å². The molecule has 1 aliphatic heterocycles. The highest BCUT2D eigenvalue weighted by Crippen LogP contribution is 2.26. The lowest BCUT2D eigenvalue weighted by molar-refractivity contribution is 0.0151. The summed E-state index contributed by atoms with van der Waals surface area (Å²) in [5.41, 5.74) is -0.339. The van der Waals surface area contributed by atoms with Crippen molar-refractivity contribution >= 4 is 0 Å². The van der Waals surface area contributed by atoms with E-state index in [4.69, 9.17) is 9.47 Å². The second-order valence-electron chi connectivity index (χ2n) is 5.78. The maximum Gasteiger partial charge on any atom is 0.106 e. The third kappa shape index (κ3) is 4.76. The minimum absolute atomic E-state index is 0.302. The Labute approximate surface area is 116 Å². The van der Waals surface area contributed by atoms with Crippen molar-refractivity contribution in [2.45, 2.75) is 69.6 Å². The van der Waals surface area contributed by atoms with Gasteiger partial charge < -0.3 is 9.47 Å². The Bertz CT molecular complexity index is 306. The molecule has 2 unspecified atom stereocenters. The molecule has 2 fully saturated rings. The van der Waals surface area contributed by atoms with Gasteiger partial charge in [-0.05, 0) is 44.9 Å². The number of ether oxygens (including phenoxy) is 2. The van der Waals surface area contributed by atoms with Gasteiger partial charge in [0, 0.05) is 19.3 Å². The van der Waals surface area contributed by atoms with Crippen LogP contribution in [0.15, 0.2) is 0 Å². The molecular weight excluding hydrogens is 240 g/mol. The first-order valence-corrected chi connectivity index (χ1v) is 7.66. The summed E-state index contributed by atoms with van der Waals surface area (Å²) < 4.78 is 11.2. The molecule has 19 heavy (non-hydrogen) atoms. The van der Waals surface area contributed by atoms with Gasteiger partial charge in [-0.2, -0.15) is 5.26 Å². The van der Waals surface area contributed by atoms with Crippen molar-refractivity contribution in [2.24, 2.45) is 0 Å². The molecule has 0 amide bonds. The summed E-state index contributed by atoms with van der Waals surface area (Å²) in [5.74, 6) is 0. The van der Waals surface area contributed by atoms with E-state index in [0.717, 1.165) is 45.3 Å². The van der Waals surface area contributed by atoms with Gasteiger partial charge in [0.2, 0.25) is 0 Å². The SMILES string of the molecule is CCC(C#N)(CCCOCC1CCCO1)NC1CC1. The highest BCUT2D eigenvalue weighted by molar-refractivity contribution is 5.09. The van der Waals surface area contributed by atoms with Gasteiger partial charge in [-0.1, -0.05) is 6.92 Å². The van der Waals surface area contributed by atoms with Crippen molar-refractivity contribution in [1.29, 1.82) is 5.26 Å². The van der Waals surface area contributed by atoms with E-state index < -0.39 is 0 Å². The van der Waals surface area contributed by atoms with Crippen LogP contribution >= 0.6 is 0 Å². The summed E-state index contributed by atoms with van der Waals surface area (Å²) in [4.78, 5) is 0. The van der Waals surface area contributed by atoms with Gasteiger partial charge in [-0.3, -0.25) is 5.32 Å². The fourth-order valence-electron chi connectivity index (χ4n) is 2.60. The second kappa shape index (κ2) is 7.23. The number of nitrogens with zero attached hydrogens (tertiary/aromatic N) is 1. The van der Waals surface area contributed by atoms with Crippen LogP contribution in [0.5, 0.6) is 0 Å². The molecule has 1 saturated heterocycles. The van der Waals surface area contributed by atoms with Gasteiger partial charge in [0.25, 0.3) is 0 Å². The Kier molecular flexibility index (Phi) is 5.62. The van der Waals surface area contributed by atoms with Crippen molar-refractivity contribution in [2.75, 3.05) is 19.8 Å². The lowest BCUT2D eigenvalue weighted by Gasteiger charge is -2.26. The molecule has 108 valence electrons. The normalized spacial score (nSPS) is 26.0. The van der Waals surface area contributed by atoms with Gasteiger partial charge in [0.1, 0.15) is 5.54 Å². The highest BCUT2D eigenvalue weighted by atomic mass is 16.5. The monoisotopic (exact) mass is 266 g/mol. The minimum Gasteiger partial charge on any atom is -0.379 e. The molecule has 0 bridgehead atoms. The average Bonchev–Trinajstić information content (AvgIpc) is 3.09. The quantitative estimate of drug-likeness (QED) is 0.651. The van der Waals surface area contributed by atoms with E-state index in [-0.39, 0.29) is 5.54 Å². The Morgan fingerprint density at radius 1 is 1.42 bits per heavy atom. The molecule has 0 spiro atoms. The van der Waals surface area contributed by atoms with Crippen LogP contribution in [0.1, 0.15) is 51.9 Å². The first kappa shape index (κ1) is 14.8. The Morgan fingerprint density at radius 2 is 2.26 bits per heavy atom. The average molecular weight is 266 g/mol. The number of nitriles is 1. The third-order valence-corrected chi connectivity index (χ3v) is 4.10. The molecule has 0 radical (unpaired) electrons. The third-order valence-electron chi connectivity index (χ3n) is 4.10. The van der Waals surface area contributed by atoms with Gasteiger partial charge in [-0.25, -0.2) is 0 Å². The van der Waals surface area contributed by atoms with E-state index in [9.17, 15) is 5.26 Å². The molecule has 1 aliphatic carbocycles. The van der Waals surface area contributed by atoms with Crippen molar-refractivity contribution in [1.82, 2.24) is 5.32 Å². The molecule has 1 heterocycles. The zero-order valence-electron chi connectivity index (χ0n) is 12.0. The Balaban J connectivity index is 1.60. The van der Waals surface area contributed by atoms with Crippen LogP contribution in [0.2, 0.25) is 0 Å². The fraction of sp³-hybridized carbons (Fsp3) is 0.933. The Morgan fingerprint density at radius 3 is 2.84 bits per heavy atom. The molecule has 0 aromatic carbocycles. The van der Waals surface area contributed by atoms with Crippen LogP contribution in [0, 0.1) is 11.3 Å². The number of hydrogen-bond acceptors (Lipinski definition) is 4. The summed E-state index contributed by atoms with van der Waals surface area (Å²) in [7, 11) is 0. The maximum atomic E-state index is 9.41. The van der Waals surface area contributed by atoms with E-state index >= 15 is 0 Å². The molecular formula is C15H26N2O2. The van der Waals surface area contributed by atoms with E-state index in [1.54, 1.807) is 0 Å². The fourth-order valence-corrected chi connectivity index (χ4v) is 2.60. The van der Waals surface area contributed by atoms with Crippen LogP contribution in [0.3, 0.4) is 0 Å². The van der Waals surface area contributed by atoms with Crippen LogP contribution in [0.25, 0.3) is 0 Å². The van der Waals surface area contributed by atoms with E-state index in [1.807, 2.05) is 0 Å². The molecule has 0 aromatic heterocycles. The standard InChI is InChI=1S/C15H26N2O2/c1-2-15(12-16,17-13-6-7-13)8-4-9-18-11-14-5-3-10-19-14/h13-14,17H,2-11H2,1H3. The molecule has 2 atom stereocenters. The first-order valence-electron chi connectivity index (χ1n) is 7.66. The van der Waals surface area contributed by atoms with Crippen molar-refractivity contribution in [3.8, 4) is 6.07 Å². The number of rotatable bonds is 9. The second-order valence-corrected chi connectivity index (χ2v) is 5.78. The lowest BCUT2D eigenvalue weighted by atomic mass is 9.92. The van der Waals surface area contributed by atoms with Gasteiger partial charge in [-0.15, -0.1) is 0 Å². The summed E-state index contributed by atoms with van der Waals surface area (Å²) in [6.45, 7) is 4.41. The molecule has 4 heteroatoms. The smallest absolute Gasteiger partial charge is 0.106 e. The van der Waals surface area contributed by atoms with Crippen LogP contribution in [-0.2, 0) is 9.47 Å².